The Morgan fingerprint density at radius 1 is 1.19 bits per heavy atom. The predicted octanol–water partition coefficient (Wildman–Crippen LogP) is 4.89. The minimum absolute atomic E-state index is 0.878. The van der Waals surface area contributed by atoms with Crippen molar-refractivity contribution in [3.63, 3.8) is 0 Å². The lowest BCUT2D eigenvalue weighted by atomic mass is 9.85. The first-order valence-corrected chi connectivity index (χ1v) is 6.81. The maximum Gasteiger partial charge on any atom is -0.0169 e. The molecule has 0 aromatic heterocycles. The Balaban J connectivity index is 1.80. The molecule has 2 rings (SSSR count). The summed E-state index contributed by atoms with van der Waals surface area (Å²) in [5, 5.41) is 0. The van der Waals surface area contributed by atoms with Crippen LogP contribution in [0.15, 0.2) is 36.0 Å². The molecule has 0 aromatic rings. The van der Waals surface area contributed by atoms with Crippen LogP contribution in [0.1, 0.15) is 46.0 Å². The minimum Gasteiger partial charge on any atom is -0.0885 e. The van der Waals surface area contributed by atoms with Gasteiger partial charge in [0.2, 0.25) is 0 Å². The third-order valence-corrected chi connectivity index (χ3v) is 4.20. The Morgan fingerprint density at radius 3 is 2.69 bits per heavy atom. The zero-order valence-electron chi connectivity index (χ0n) is 10.7. The smallest absolute Gasteiger partial charge is 0.0169 e. The van der Waals surface area contributed by atoms with Crippen molar-refractivity contribution in [2.45, 2.75) is 46.0 Å². The van der Waals surface area contributed by atoms with E-state index in [1.165, 1.54) is 19.3 Å². The maximum atomic E-state index is 2.48. The second kappa shape index (κ2) is 5.52. The first-order chi connectivity index (χ1) is 7.85. The highest BCUT2D eigenvalue weighted by Crippen LogP contribution is 2.51. The number of hydrogen-bond acceptors (Lipinski definition) is 0. The van der Waals surface area contributed by atoms with E-state index in [4.69, 9.17) is 0 Å². The van der Waals surface area contributed by atoms with Gasteiger partial charge in [-0.15, -0.1) is 0 Å². The van der Waals surface area contributed by atoms with Crippen molar-refractivity contribution >= 4 is 0 Å². The van der Waals surface area contributed by atoms with Crippen molar-refractivity contribution < 1.29 is 0 Å². The quantitative estimate of drug-likeness (QED) is 0.587. The SMILES string of the molecule is C/C=C1/C[C@@H]2C[C@H]1CC2/C=C/C/C=C\CC. The molecule has 0 aromatic carbocycles. The molecular formula is C16H24. The van der Waals surface area contributed by atoms with Crippen molar-refractivity contribution in [2.24, 2.45) is 17.8 Å². The summed E-state index contributed by atoms with van der Waals surface area (Å²) in [5.74, 6) is 2.77. The average Bonchev–Trinajstić information content (AvgIpc) is 2.87. The Labute approximate surface area is 100 Å². The third kappa shape index (κ3) is 2.48. The van der Waals surface area contributed by atoms with Gasteiger partial charge in [-0.2, -0.15) is 0 Å². The van der Waals surface area contributed by atoms with Gasteiger partial charge >= 0.3 is 0 Å². The predicted molar refractivity (Wildman–Crippen MR) is 71.3 cm³/mol. The molecule has 16 heavy (non-hydrogen) atoms. The largest absolute Gasteiger partial charge is 0.0885 e. The molecule has 0 heterocycles. The van der Waals surface area contributed by atoms with E-state index >= 15 is 0 Å². The molecule has 2 aliphatic carbocycles. The van der Waals surface area contributed by atoms with E-state index < -0.39 is 0 Å². The lowest BCUT2D eigenvalue weighted by molar-refractivity contribution is 0.446. The van der Waals surface area contributed by atoms with E-state index in [0.717, 1.165) is 30.6 Å². The molecular weight excluding hydrogens is 192 g/mol. The molecule has 1 unspecified atom stereocenters. The van der Waals surface area contributed by atoms with E-state index in [9.17, 15) is 0 Å². The second-order valence-electron chi connectivity index (χ2n) is 5.20. The fraction of sp³-hybridized carbons (Fsp3) is 0.625. The van der Waals surface area contributed by atoms with Gasteiger partial charge in [-0.25, -0.2) is 0 Å². The molecule has 0 heteroatoms. The zero-order valence-corrected chi connectivity index (χ0v) is 10.7. The van der Waals surface area contributed by atoms with Crippen molar-refractivity contribution in [2.75, 3.05) is 0 Å². The molecule has 2 aliphatic rings. The Kier molecular flexibility index (Phi) is 4.04. The summed E-state index contributed by atoms with van der Waals surface area (Å²) in [4.78, 5) is 0. The van der Waals surface area contributed by atoms with E-state index in [0.29, 0.717) is 0 Å². The molecule has 0 amide bonds. The molecule has 2 fully saturated rings. The van der Waals surface area contributed by atoms with Crippen LogP contribution >= 0.6 is 0 Å². The van der Waals surface area contributed by atoms with Gasteiger partial charge in [0, 0.05) is 0 Å². The molecule has 0 spiro atoms. The van der Waals surface area contributed by atoms with Gasteiger partial charge in [0.05, 0.1) is 0 Å². The molecule has 0 radical (unpaired) electrons. The van der Waals surface area contributed by atoms with Gasteiger partial charge in [0.25, 0.3) is 0 Å². The Hall–Kier alpha value is -0.780. The highest BCUT2D eigenvalue weighted by molar-refractivity contribution is 5.20. The fourth-order valence-corrected chi connectivity index (χ4v) is 3.35. The topological polar surface area (TPSA) is 0 Å². The molecule has 0 saturated heterocycles. The average molecular weight is 216 g/mol. The number of fused-ring (bicyclic) bond motifs is 2. The second-order valence-corrected chi connectivity index (χ2v) is 5.20. The van der Waals surface area contributed by atoms with Gasteiger partial charge in [-0.1, -0.05) is 42.9 Å². The summed E-state index contributed by atoms with van der Waals surface area (Å²) >= 11 is 0. The number of allylic oxidation sites excluding steroid dienone is 6. The van der Waals surface area contributed by atoms with Crippen LogP contribution in [0.25, 0.3) is 0 Å². The molecule has 88 valence electrons. The zero-order chi connectivity index (χ0) is 11.4. The Morgan fingerprint density at radius 2 is 2.06 bits per heavy atom. The minimum atomic E-state index is 0.878. The molecule has 0 aliphatic heterocycles. The number of hydrogen-bond donors (Lipinski definition) is 0. The maximum absolute atomic E-state index is 2.48. The Bertz CT molecular complexity index is 306. The van der Waals surface area contributed by atoms with E-state index in [1.807, 2.05) is 0 Å². The normalized spacial score (nSPS) is 36.1. The monoisotopic (exact) mass is 216 g/mol. The van der Waals surface area contributed by atoms with Crippen molar-refractivity contribution in [3.05, 3.63) is 36.0 Å². The molecule has 3 atom stereocenters. The lowest BCUT2D eigenvalue weighted by Gasteiger charge is -2.20. The lowest BCUT2D eigenvalue weighted by Crippen LogP contribution is -2.09. The van der Waals surface area contributed by atoms with Crippen molar-refractivity contribution in [3.8, 4) is 0 Å². The van der Waals surface area contributed by atoms with Crippen LogP contribution in [-0.4, -0.2) is 0 Å². The molecule has 0 N–H and O–H groups in total. The van der Waals surface area contributed by atoms with Crippen molar-refractivity contribution in [1.82, 2.24) is 0 Å². The first kappa shape index (κ1) is 11.7. The van der Waals surface area contributed by atoms with Crippen LogP contribution < -0.4 is 0 Å². The fourth-order valence-electron chi connectivity index (χ4n) is 3.35. The van der Waals surface area contributed by atoms with Gasteiger partial charge in [0.1, 0.15) is 0 Å². The summed E-state index contributed by atoms with van der Waals surface area (Å²) in [6.07, 6.45) is 18.3. The van der Waals surface area contributed by atoms with Gasteiger partial charge < -0.3 is 0 Å². The van der Waals surface area contributed by atoms with Gasteiger partial charge in [-0.05, 0) is 56.8 Å². The van der Waals surface area contributed by atoms with E-state index in [1.54, 1.807) is 5.57 Å². The summed E-state index contributed by atoms with van der Waals surface area (Å²) < 4.78 is 0. The van der Waals surface area contributed by atoms with Crippen molar-refractivity contribution in [1.29, 1.82) is 0 Å². The standard InChI is InChI=1S/C16H24/c1-3-5-6-7-8-9-14-11-15-12-16(14)10-13(15)4-2/h4-6,8-9,14-16H,3,7,10-12H2,1-2H3/b6-5-,9-8+,13-4-/t14?,15-,16-/m1/s1. The summed E-state index contributed by atoms with van der Waals surface area (Å²) in [6.45, 7) is 4.39. The third-order valence-electron chi connectivity index (χ3n) is 4.20. The van der Waals surface area contributed by atoms with Crippen LogP contribution in [0.4, 0.5) is 0 Å². The van der Waals surface area contributed by atoms with E-state index in [2.05, 4.69) is 44.2 Å². The highest BCUT2D eigenvalue weighted by Gasteiger charge is 2.40. The molecule has 2 bridgehead atoms. The van der Waals surface area contributed by atoms with E-state index in [-0.39, 0.29) is 0 Å². The summed E-state index contributed by atoms with van der Waals surface area (Å²) in [7, 11) is 0. The van der Waals surface area contributed by atoms with Crippen LogP contribution in [-0.2, 0) is 0 Å². The van der Waals surface area contributed by atoms with Gasteiger partial charge in [0.15, 0.2) is 0 Å². The summed E-state index contributed by atoms with van der Waals surface area (Å²) in [6, 6.07) is 0. The van der Waals surface area contributed by atoms with Crippen LogP contribution in [0, 0.1) is 17.8 Å². The van der Waals surface area contributed by atoms with Crippen LogP contribution in [0.5, 0.6) is 0 Å². The van der Waals surface area contributed by atoms with Crippen LogP contribution in [0.3, 0.4) is 0 Å². The van der Waals surface area contributed by atoms with Crippen LogP contribution in [0.2, 0.25) is 0 Å². The first-order valence-electron chi connectivity index (χ1n) is 6.81. The molecule has 0 nitrogen and oxygen atoms in total. The summed E-state index contributed by atoms with van der Waals surface area (Å²) in [5.41, 5.74) is 1.74. The van der Waals surface area contributed by atoms with Gasteiger partial charge in [-0.3, -0.25) is 0 Å². The molecule has 2 saturated carbocycles. The number of rotatable bonds is 4. The highest BCUT2D eigenvalue weighted by atomic mass is 14.4.